The van der Waals surface area contributed by atoms with E-state index < -0.39 is 5.97 Å². The first-order valence-corrected chi connectivity index (χ1v) is 4.91. The van der Waals surface area contributed by atoms with Gasteiger partial charge in [0.15, 0.2) is 0 Å². The van der Waals surface area contributed by atoms with Crippen molar-refractivity contribution < 1.29 is 14.3 Å². The van der Waals surface area contributed by atoms with Crippen molar-refractivity contribution in [1.29, 1.82) is 0 Å². The molecular weight excluding hydrogens is 222 g/mol. The van der Waals surface area contributed by atoms with Crippen LogP contribution in [0.4, 0.5) is 5.69 Å². The monoisotopic (exact) mass is 235 g/mol. The summed E-state index contributed by atoms with van der Waals surface area (Å²) in [6, 6.07) is 7.23. The molecule has 2 aromatic rings. The van der Waals surface area contributed by atoms with E-state index in [1.54, 1.807) is 19.1 Å². The highest BCUT2D eigenvalue weighted by Crippen LogP contribution is 2.20. The van der Waals surface area contributed by atoms with Crippen LogP contribution in [0.2, 0.25) is 0 Å². The minimum absolute atomic E-state index is 0.365. The molecular formula is C12H13NO4. The number of carboxylic acid groups (broad SMARTS) is 1. The molecule has 1 heterocycles. The lowest BCUT2D eigenvalue weighted by atomic mass is 10.1. The molecule has 0 amide bonds. The molecule has 0 bridgehead atoms. The fourth-order valence-electron chi connectivity index (χ4n) is 1.27. The summed E-state index contributed by atoms with van der Waals surface area (Å²) in [5.41, 5.74) is 6.91. The normalized spacial score (nSPS) is 9.53. The van der Waals surface area contributed by atoms with Gasteiger partial charge in [-0.25, -0.2) is 4.79 Å². The number of benzene rings is 1. The number of nitrogens with two attached hydrogens (primary N) is 1. The molecule has 5 nitrogen and oxygen atoms in total. The Kier molecular flexibility index (Phi) is 3.87. The largest absolute Gasteiger partial charge is 0.481 e. The number of rotatable bonds is 0. The first-order chi connectivity index (χ1) is 7.93. The summed E-state index contributed by atoms with van der Waals surface area (Å²) in [4.78, 5) is 20.2. The molecule has 0 aliphatic heterocycles. The zero-order chi connectivity index (χ0) is 13.0. The highest BCUT2D eigenvalue weighted by atomic mass is 16.4. The van der Waals surface area contributed by atoms with Crippen molar-refractivity contribution in [1.82, 2.24) is 0 Å². The zero-order valence-electron chi connectivity index (χ0n) is 9.56. The first-order valence-electron chi connectivity index (χ1n) is 4.91. The molecule has 0 fully saturated rings. The van der Waals surface area contributed by atoms with Crippen LogP contribution in [0.25, 0.3) is 11.0 Å². The van der Waals surface area contributed by atoms with Gasteiger partial charge in [-0.3, -0.25) is 4.79 Å². The van der Waals surface area contributed by atoms with Crippen molar-refractivity contribution in [3.63, 3.8) is 0 Å². The summed E-state index contributed by atoms with van der Waals surface area (Å²) in [7, 11) is 0. The average molecular weight is 235 g/mol. The van der Waals surface area contributed by atoms with Gasteiger partial charge in [-0.15, -0.1) is 0 Å². The lowest BCUT2D eigenvalue weighted by Gasteiger charge is -2.02. The van der Waals surface area contributed by atoms with Gasteiger partial charge in [-0.05, 0) is 19.1 Å². The van der Waals surface area contributed by atoms with Crippen LogP contribution in [0.5, 0.6) is 0 Å². The maximum atomic E-state index is 11.2. The third-order valence-electron chi connectivity index (χ3n) is 2.09. The summed E-state index contributed by atoms with van der Waals surface area (Å²) in [5.74, 6) is -0.833. The quantitative estimate of drug-likeness (QED) is 0.679. The van der Waals surface area contributed by atoms with Crippen LogP contribution in [0.1, 0.15) is 12.5 Å². The SMILES string of the molecule is CC(=O)O.Cc1c(N)c2ccccc2oc1=O. The number of aliphatic carboxylic acids is 1. The van der Waals surface area contributed by atoms with Crippen LogP contribution in [0.15, 0.2) is 33.5 Å². The van der Waals surface area contributed by atoms with Gasteiger partial charge in [0.1, 0.15) is 5.58 Å². The Balaban J connectivity index is 0.000000317. The van der Waals surface area contributed by atoms with Gasteiger partial charge in [0, 0.05) is 12.3 Å². The van der Waals surface area contributed by atoms with Crippen LogP contribution >= 0.6 is 0 Å². The summed E-state index contributed by atoms with van der Waals surface area (Å²) in [6.45, 7) is 2.74. The van der Waals surface area contributed by atoms with Crippen LogP contribution < -0.4 is 11.4 Å². The molecule has 0 radical (unpaired) electrons. The van der Waals surface area contributed by atoms with E-state index in [2.05, 4.69) is 0 Å². The Bertz CT molecular complexity index is 597. The standard InChI is InChI=1S/C10H9NO2.C2H4O2/c1-6-9(11)7-4-2-3-5-8(7)13-10(6)12;1-2(3)4/h2-5H,11H2,1H3;1H3,(H,3,4). The molecule has 0 aliphatic carbocycles. The predicted molar refractivity (Wildman–Crippen MR) is 64.9 cm³/mol. The molecule has 0 saturated heterocycles. The minimum Gasteiger partial charge on any atom is -0.481 e. The Labute approximate surface area is 97.5 Å². The van der Waals surface area contributed by atoms with Crippen molar-refractivity contribution in [2.24, 2.45) is 0 Å². The highest BCUT2D eigenvalue weighted by Gasteiger charge is 2.06. The van der Waals surface area contributed by atoms with E-state index in [9.17, 15) is 4.79 Å². The molecule has 17 heavy (non-hydrogen) atoms. The van der Waals surface area contributed by atoms with Gasteiger partial charge in [0.2, 0.25) is 0 Å². The van der Waals surface area contributed by atoms with Gasteiger partial charge in [0.25, 0.3) is 5.97 Å². The molecule has 1 aromatic heterocycles. The molecule has 0 spiro atoms. The van der Waals surface area contributed by atoms with Crippen LogP contribution in [-0.4, -0.2) is 11.1 Å². The van der Waals surface area contributed by atoms with Crippen molar-refractivity contribution in [2.75, 3.05) is 5.73 Å². The first kappa shape index (κ1) is 12.8. The number of fused-ring (bicyclic) bond motifs is 1. The lowest BCUT2D eigenvalue weighted by Crippen LogP contribution is -2.07. The van der Waals surface area contributed by atoms with Gasteiger partial charge in [-0.1, -0.05) is 12.1 Å². The van der Waals surface area contributed by atoms with Crippen molar-refractivity contribution in [2.45, 2.75) is 13.8 Å². The average Bonchev–Trinajstić information content (AvgIpc) is 2.25. The number of hydrogen-bond donors (Lipinski definition) is 2. The van der Waals surface area contributed by atoms with E-state index in [4.69, 9.17) is 20.1 Å². The van der Waals surface area contributed by atoms with E-state index in [1.165, 1.54) is 0 Å². The number of anilines is 1. The second-order valence-corrected chi connectivity index (χ2v) is 3.44. The maximum absolute atomic E-state index is 11.2. The number of nitrogen functional groups attached to an aromatic ring is 1. The fourth-order valence-corrected chi connectivity index (χ4v) is 1.27. The highest BCUT2D eigenvalue weighted by molar-refractivity contribution is 5.89. The fraction of sp³-hybridized carbons (Fsp3) is 0.167. The molecule has 5 heteroatoms. The molecule has 1 aromatic carbocycles. The van der Waals surface area contributed by atoms with Gasteiger partial charge in [0.05, 0.1) is 11.3 Å². The summed E-state index contributed by atoms with van der Waals surface area (Å²) >= 11 is 0. The minimum atomic E-state index is -0.833. The predicted octanol–water partition coefficient (Wildman–Crippen LogP) is 1.77. The van der Waals surface area contributed by atoms with E-state index in [0.29, 0.717) is 16.8 Å². The summed E-state index contributed by atoms with van der Waals surface area (Å²) in [5, 5.41) is 8.21. The third kappa shape index (κ3) is 3.07. The molecule has 0 aliphatic rings. The number of hydrogen-bond acceptors (Lipinski definition) is 4. The van der Waals surface area contributed by atoms with E-state index in [0.717, 1.165) is 12.3 Å². The summed E-state index contributed by atoms with van der Waals surface area (Å²) in [6.07, 6.45) is 0. The zero-order valence-corrected chi connectivity index (χ0v) is 9.56. The van der Waals surface area contributed by atoms with Crippen molar-refractivity contribution >= 4 is 22.6 Å². The van der Waals surface area contributed by atoms with E-state index >= 15 is 0 Å². The van der Waals surface area contributed by atoms with Gasteiger partial charge < -0.3 is 15.3 Å². The number of para-hydroxylation sites is 1. The molecule has 3 N–H and O–H groups in total. The van der Waals surface area contributed by atoms with Gasteiger partial charge >= 0.3 is 5.63 Å². The Hall–Kier alpha value is -2.30. The van der Waals surface area contributed by atoms with Crippen LogP contribution in [0, 0.1) is 6.92 Å². The van der Waals surface area contributed by atoms with E-state index in [1.807, 2.05) is 12.1 Å². The number of carbonyl (C=O) groups is 1. The molecule has 0 unspecified atom stereocenters. The second kappa shape index (κ2) is 5.16. The van der Waals surface area contributed by atoms with Crippen molar-refractivity contribution in [3.8, 4) is 0 Å². The third-order valence-corrected chi connectivity index (χ3v) is 2.09. The Morgan fingerprint density at radius 1 is 1.35 bits per heavy atom. The smallest absolute Gasteiger partial charge is 0.341 e. The maximum Gasteiger partial charge on any atom is 0.341 e. The van der Waals surface area contributed by atoms with Crippen LogP contribution in [0.3, 0.4) is 0 Å². The molecule has 0 atom stereocenters. The molecule has 0 saturated carbocycles. The van der Waals surface area contributed by atoms with E-state index in [-0.39, 0.29) is 5.63 Å². The Morgan fingerprint density at radius 3 is 2.47 bits per heavy atom. The number of carboxylic acids is 1. The topological polar surface area (TPSA) is 93.5 Å². The summed E-state index contributed by atoms with van der Waals surface area (Å²) < 4.78 is 5.04. The van der Waals surface area contributed by atoms with Gasteiger partial charge in [-0.2, -0.15) is 0 Å². The second-order valence-electron chi connectivity index (χ2n) is 3.44. The van der Waals surface area contributed by atoms with Crippen molar-refractivity contribution in [3.05, 3.63) is 40.2 Å². The van der Waals surface area contributed by atoms with Crippen LogP contribution in [-0.2, 0) is 4.79 Å². The molecule has 2 rings (SSSR count). The molecule has 90 valence electrons. The lowest BCUT2D eigenvalue weighted by molar-refractivity contribution is -0.134. The Morgan fingerprint density at radius 2 is 1.88 bits per heavy atom.